The molecule has 3 aromatic heterocycles. The molecule has 8 nitrogen and oxygen atoms in total. The Morgan fingerprint density at radius 2 is 2.11 bits per heavy atom. The molecule has 0 aliphatic heterocycles. The lowest BCUT2D eigenvalue weighted by Crippen LogP contribution is -2.13. The van der Waals surface area contributed by atoms with Gasteiger partial charge in [0.05, 0.1) is 11.3 Å². The number of benzene rings is 1. The van der Waals surface area contributed by atoms with Gasteiger partial charge in [-0.05, 0) is 36.5 Å². The van der Waals surface area contributed by atoms with Crippen LogP contribution in [-0.2, 0) is 0 Å². The lowest BCUT2D eigenvalue weighted by molar-refractivity contribution is 0.449. The van der Waals surface area contributed by atoms with Crippen molar-refractivity contribution in [1.82, 2.24) is 15.0 Å². The summed E-state index contributed by atoms with van der Waals surface area (Å²) in [6.07, 6.45) is 1.17. The van der Waals surface area contributed by atoms with Crippen LogP contribution < -0.4 is 11.2 Å². The number of aromatic hydroxyl groups is 1. The maximum absolute atomic E-state index is 12.3. The molecule has 140 valence electrons. The molecule has 4 rings (SSSR count). The van der Waals surface area contributed by atoms with Crippen LogP contribution in [0.25, 0.3) is 22.2 Å². The highest BCUT2D eigenvalue weighted by molar-refractivity contribution is 9.10. The van der Waals surface area contributed by atoms with Crippen LogP contribution in [0.4, 0.5) is 5.13 Å². The van der Waals surface area contributed by atoms with Crippen LogP contribution in [0.15, 0.2) is 53.1 Å². The van der Waals surface area contributed by atoms with Crippen molar-refractivity contribution in [2.24, 2.45) is 4.99 Å². The SMILES string of the molecule is O=c1[nH]c(=S)[nH]c(O)c1/C=N/c1nc(-c2cc3cc(Br)ccc3oc2=O)cs1. The van der Waals surface area contributed by atoms with E-state index in [0.717, 1.165) is 9.86 Å². The Balaban J connectivity index is 1.71. The fraction of sp³-hybridized carbons (Fsp3) is 0. The fourth-order valence-electron chi connectivity index (χ4n) is 2.44. The second kappa shape index (κ2) is 7.26. The molecular formula is C17H9BrN4O4S2. The highest BCUT2D eigenvalue weighted by atomic mass is 79.9. The number of hydrogen-bond donors (Lipinski definition) is 3. The minimum Gasteiger partial charge on any atom is -0.494 e. The molecule has 11 heteroatoms. The zero-order valence-electron chi connectivity index (χ0n) is 13.7. The van der Waals surface area contributed by atoms with Crippen molar-refractivity contribution in [3.63, 3.8) is 0 Å². The highest BCUT2D eigenvalue weighted by Gasteiger charge is 2.12. The second-order valence-electron chi connectivity index (χ2n) is 5.57. The van der Waals surface area contributed by atoms with Crippen molar-refractivity contribution < 1.29 is 9.52 Å². The number of nitrogens with zero attached hydrogens (tertiary/aromatic N) is 2. The Morgan fingerprint density at radius 3 is 2.89 bits per heavy atom. The molecular weight excluding hydrogens is 468 g/mol. The van der Waals surface area contributed by atoms with Gasteiger partial charge in [0, 0.05) is 21.5 Å². The van der Waals surface area contributed by atoms with E-state index in [-0.39, 0.29) is 10.3 Å². The third-order valence-electron chi connectivity index (χ3n) is 3.73. The number of hydrogen-bond acceptors (Lipinski definition) is 8. The van der Waals surface area contributed by atoms with Gasteiger partial charge in [0.1, 0.15) is 11.1 Å². The first-order valence-electron chi connectivity index (χ1n) is 7.69. The van der Waals surface area contributed by atoms with Gasteiger partial charge in [-0.15, -0.1) is 11.3 Å². The third-order valence-corrected chi connectivity index (χ3v) is 5.17. The van der Waals surface area contributed by atoms with E-state index in [1.165, 1.54) is 17.6 Å². The molecule has 1 aromatic carbocycles. The summed E-state index contributed by atoms with van der Waals surface area (Å²) < 4.78 is 6.20. The summed E-state index contributed by atoms with van der Waals surface area (Å²) in [7, 11) is 0. The van der Waals surface area contributed by atoms with Gasteiger partial charge in [0.25, 0.3) is 5.56 Å². The van der Waals surface area contributed by atoms with Crippen LogP contribution in [0.1, 0.15) is 5.56 Å². The zero-order chi connectivity index (χ0) is 19.8. The Morgan fingerprint density at radius 1 is 1.29 bits per heavy atom. The predicted octanol–water partition coefficient (Wildman–Crippen LogP) is 3.88. The fourth-order valence-corrected chi connectivity index (χ4v) is 3.67. The van der Waals surface area contributed by atoms with Gasteiger partial charge in [-0.2, -0.15) is 0 Å². The predicted molar refractivity (Wildman–Crippen MR) is 112 cm³/mol. The summed E-state index contributed by atoms with van der Waals surface area (Å²) in [6, 6.07) is 7.02. The zero-order valence-corrected chi connectivity index (χ0v) is 16.9. The van der Waals surface area contributed by atoms with E-state index in [1.807, 2.05) is 6.07 Å². The number of aliphatic imine (C=N–C) groups is 1. The van der Waals surface area contributed by atoms with E-state index in [4.69, 9.17) is 16.6 Å². The molecule has 0 amide bonds. The Kier molecular flexibility index (Phi) is 4.79. The van der Waals surface area contributed by atoms with Crippen molar-refractivity contribution in [2.45, 2.75) is 0 Å². The molecule has 3 N–H and O–H groups in total. The molecule has 0 atom stereocenters. The topological polar surface area (TPSA) is 124 Å². The van der Waals surface area contributed by atoms with Crippen LogP contribution >= 0.6 is 39.5 Å². The molecule has 0 saturated heterocycles. The number of nitrogens with one attached hydrogen (secondary N) is 2. The van der Waals surface area contributed by atoms with Gasteiger partial charge < -0.3 is 14.5 Å². The van der Waals surface area contributed by atoms with Crippen LogP contribution in [0.2, 0.25) is 0 Å². The molecule has 0 spiro atoms. The van der Waals surface area contributed by atoms with Crippen LogP contribution in [0, 0.1) is 4.77 Å². The second-order valence-corrected chi connectivity index (χ2v) is 7.73. The van der Waals surface area contributed by atoms with Gasteiger partial charge in [0.15, 0.2) is 4.77 Å². The van der Waals surface area contributed by atoms with Gasteiger partial charge in [-0.25, -0.2) is 14.8 Å². The van der Waals surface area contributed by atoms with Gasteiger partial charge >= 0.3 is 5.63 Å². The third kappa shape index (κ3) is 3.59. The summed E-state index contributed by atoms with van der Waals surface area (Å²) in [6.45, 7) is 0. The number of fused-ring (bicyclic) bond motifs is 1. The molecule has 0 fully saturated rings. The summed E-state index contributed by atoms with van der Waals surface area (Å²) >= 11 is 9.32. The number of halogens is 1. The van der Waals surface area contributed by atoms with Crippen molar-refractivity contribution in [3.8, 4) is 17.1 Å². The summed E-state index contributed by atoms with van der Waals surface area (Å²) in [5, 5.41) is 12.5. The first kappa shape index (κ1) is 18.5. The molecule has 0 aliphatic rings. The van der Waals surface area contributed by atoms with Crippen LogP contribution in [0.3, 0.4) is 0 Å². The molecule has 0 aliphatic carbocycles. The van der Waals surface area contributed by atoms with E-state index in [2.05, 4.69) is 35.9 Å². The van der Waals surface area contributed by atoms with E-state index in [9.17, 15) is 14.7 Å². The normalized spacial score (nSPS) is 11.5. The summed E-state index contributed by atoms with van der Waals surface area (Å²) in [4.78, 5) is 37.3. The number of aromatic amines is 2. The summed E-state index contributed by atoms with van der Waals surface area (Å²) in [5.41, 5.74) is -0.00366. The molecule has 3 heterocycles. The molecule has 0 bridgehead atoms. The van der Waals surface area contributed by atoms with Crippen molar-refractivity contribution in [3.05, 3.63) is 65.2 Å². The van der Waals surface area contributed by atoms with Crippen molar-refractivity contribution in [1.29, 1.82) is 0 Å². The van der Waals surface area contributed by atoms with E-state index in [0.29, 0.717) is 22.0 Å². The molecule has 0 radical (unpaired) electrons. The minimum absolute atomic E-state index is 0.00542. The van der Waals surface area contributed by atoms with Crippen molar-refractivity contribution in [2.75, 3.05) is 0 Å². The van der Waals surface area contributed by atoms with E-state index >= 15 is 0 Å². The summed E-state index contributed by atoms with van der Waals surface area (Å²) in [5.74, 6) is -0.393. The maximum atomic E-state index is 12.3. The monoisotopic (exact) mass is 476 g/mol. The molecule has 4 aromatic rings. The Labute approximate surface area is 173 Å². The average Bonchev–Trinajstić information content (AvgIpc) is 3.09. The Hall–Kier alpha value is -2.89. The maximum Gasteiger partial charge on any atom is 0.345 e. The van der Waals surface area contributed by atoms with Gasteiger partial charge in [-0.3, -0.25) is 9.78 Å². The lowest BCUT2D eigenvalue weighted by atomic mass is 10.1. The average molecular weight is 477 g/mol. The van der Waals surface area contributed by atoms with Crippen LogP contribution in [-0.4, -0.2) is 26.3 Å². The van der Waals surface area contributed by atoms with Gasteiger partial charge in [-0.1, -0.05) is 15.9 Å². The number of rotatable bonds is 3. The Bertz CT molecular complexity index is 1420. The smallest absolute Gasteiger partial charge is 0.345 e. The van der Waals surface area contributed by atoms with Gasteiger partial charge in [0.2, 0.25) is 11.0 Å². The standard InChI is InChI=1S/C17H9BrN4O4S2/c18-8-1-2-12-7(3-8)4-9(15(25)26-12)11-6-28-17(20-11)19-5-10-13(23)21-16(27)22-14(10)24/h1-6H,(H3,21,22,23,24,27)/b19-5+. The van der Waals surface area contributed by atoms with E-state index < -0.39 is 17.1 Å². The first-order valence-corrected chi connectivity index (χ1v) is 9.78. The van der Waals surface area contributed by atoms with E-state index in [1.54, 1.807) is 23.6 Å². The lowest BCUT2D eigenvalue weighted by Gasteiger charge is -2.00. The quantitative estimate of drug-likeness (QED) is 0.234. The van der Waals surface area contributed by atoms with Crippen LogP contribution in [0.5, 0.6) is 5.88 Å². The molecule has 0 unspecified atom stereocenters. The number of aromatic nitrogens is 3. The number of H-pyrrole nitrogens is 2. The molecule has 28 heavy (non-hydrogen) atoms. The highest BCUT2D eigenvalue weighted by Crippen LogP contribution is 2.28. The largest absolute Gasteiger partial charge is 0.494 e. The number of thiazole rings is 1. The first-order chi connectivity index (χ1) is 13.4. The molecule has 0 saturated carbocycles. The van der Waals surface area contributed by atoms with Crippen molar-refractivity contribution >= 4 is 61.8 Å². The minimum atomic E-state index is -0.581.